The van der Waals surface area contributed by atoms with Crippen LogP contribution in [-0.2, 0) is 12.4 Å². The van der Waals surface area contributed by atoms with E-state index in [0.29, 0.717) is 45.2 Å². The van der Waals surface area contributed by atoms with Gasteiger partial charge in [-0.05, 0) is 85.6 Å². The molecule has 0 saturated heterocycles. The lowest BCUT2D eigenvalue weighted by atomic mass is 9.91. The topological polar surface area (TPSA) is 43.6 Å². The van der Waals surface area contributed by atoms with Crippen LogP contribution in [0.4, 0.5) is 26.3 Å². The molecule has 0 aliphatic rings. The maximum atomic E-state index is 14.5. The molecular weight excluding hydrogens is 759 g/mol. The minimum absolute atomic E-state index is 0.180. The summed E-state index contributed by atoms with van der Waals surface area (Å²) in [6.07, 6.45) is -9.36. The summed E-state index contributed by atoms with van der Waals surface area (Å²) in [5.74, 6) is 0.861. The highest BCUT2D eigenvalue weighted by Gasteiger charge is 2.33. The van der Waals surface area contributed by atoms with E-state index in [1.165, 1.54) is 12.1 Å². The Morgan fingerprint density at radius 3 is 1.19 bits per heavy atom. The number of nitrogens with zero attached hydrogens (tertiary/aromatic N) is 4. The molecule has 0 unspecified atom stereocenters. The van der Waals surface area contributed by atoms with Crippen LogP contribution in [0.3, 0.4) is 0 Å². The maximum absolute atomic E-state index is 14.5. The van der Waals surface area contributed by atoms with E-state index in [4.69, 9.17) is 15.0 Å². The van der Waals surface area contributed by atoms with Gasteiger partial charge in [0, 0.05) is 38.6 Å². The van der Waals surface area contributed by atoms with Gasteiger partial charge in [-0.2, -0.15) is 26.3 Å². The molecule has 0 atom stereocenters. The fourth-order valence-electron chi connectivity index (χ4n) is 7.60. The summed E-state index contributed by atoms with van der Waals surface area (Å²) in [7, 11) is 0. The second kappa shape index (κ2) is 14.4. The molecule has 0 bridgehead atoms. The van der Waals surface area contributed by atoms with Crippen molar-refractivity contribution in [2.24, 2.45) is 0 Å². The van der Waals surface area contributed by atoms with Crippen LogP contribution in [0.5, 0.6) is 0 Å². The Balaban J connectivity index is 1.45. The summed E-state index contributed by atoms with van der Waals surface area (Å²) in [5.41, 5.74) is 4.84. The third-order valence-electron chi connectivity index (χ3n) is 10.4. The Morgan fingerprint density at radius 1 is 0.390 bits per heavy atom. The quantitative estimate of drug-likeness (QED) is 0.158. The summed E-state index contributed by atoms with van der Waals surface area (Å²) in [6, 6.07) is 43.8. The number of hydrogen-bond donors (Lipinski definition) is 0. The van der Waals surface area contributed by atoms with Gasteiger partial charge in [-0.25, -0.2) is 15.0 Å². The number of alkyl halides is 6. The maximum Gasteiger partial charge on any atom is 0.416 e. The molecule has 9 rings (SSSR count). The first kappa shape index (κ1) is 37.5. The van der Waals surface area contributed by atoms with Crippen LogP contribution in [0, 0.1) is 13.8 Å². The van der Waals surface area contributed by atoms with Crippen molar-refractivity contribution < 1.29 is 26.3 Å². The lowest BCUT2D eigenvalue weighted by molar-refractivity contribution is -0.138. The van der Waals surface area contributed by atoms with Crippen molar-refractivity contribution in [3.8, 4) is 62.1 Å². The van der Waals surface area contributed by atoms with Crippen LogP contribution < -0.4 is 0 Å². The number of benzene rings is 7. The van der Waals surface area contributed by atoms with Gasteiger partial charge in [0.25, 0.3) is 0 Å². The monoisotopic (exact) mass is 790 g/mol. The summed E-state index contributed by atoms with van der Waals surface area (Å²) in [5, 5.41) is 1.77. The van der Waals surface area contributed by atoms with Crippen molar-refractivity contribution in [2.75, 3.05) is 0 Å². The van der Waals surface area contributed by atoms with E-state index in [2.05, 4.69) is 0 Å². The highest BCUT2D eigenvalue weighted by atomic mass is 19.4. The van der Waals surface area contributed by atoms with Crippen molar-refractivity contribution in [3.05, 3.63) is 180 Å². The molecule has 2 aromatic heterocycles. The fourth-order valence-corrected chi connectivity index (χ4v) is 7.60. The van der Waals surface area contributed by atoms with Crippen LogP contribution in [-0.4, -0.2) is 19.5 Å². The Labute approximate surface area is 335 Å². The minimum Gasteiger partial charge on any atom is -0.308 e. The lowest BCUT2D eigenvalue weighted by Crippen LogP contribution is -2.07. The molecule has 0 saturated carbocycles. The molecule has 9 aromatic rings. The van der Waals surface area contributed by atoms with Gasteiger partial charge in [-0.3, -0.25) is 0 Å². The molecular formula is C49H32F6N4. The van der Waals surface area contributed by atoms with Crippen molar-refractivity contribution in [3.63, 3.8) is 0 Å². The second-order valence-electron chi connectivity index (χ2n) is 14.5. The Kier molecular flexibility index (Phi) is 9.15. The van der Waals surface area contributed by atoms with E-state index >= 15 is 0 Å². The molecule has 0 aliphatic carbocycles. The first-order chi connectivity index (χ1) is 28.3. The van der Waals surface area contributed by atoms with Gasteiger partial charge in [0.1, 0.15) is 0 Å². The predicted molar refractivity (Wildman–Crippen MR) is 221 cm³/mol. The average molecular weight is 791 g/mol. The number of hydrogen-bond acceptors (Lipinski definition) is 3. The van der Waals surface area contributed by atoms with Crippen molar-refractivity contribution >= 4 is 21.8 Å². The van der Waals surface area contributed by atoms with E-state index in [9.17, 15) is 26.3 Å². The van der Waals surface area contributed by atoms with Crippen LogP contribution >= 0.6 is 0 Å². The molecule has 0 radical (unpaired) electrons. The highest BCUT2D eigenvalue weighted by Crippen LogP contribution is 2.46. The lowest BCUT2D eigenvalue weighted by Gasteiger charge is -2.22. The zero-order chi connectivity index (χ0) is 41.1. The number of aryl methyl sites for hydroxylation is 2. The van der Waals surface area contributed by atoms with Gasteiger partial charge in [-0.1, -0.05) is 108 Å². The zero-order valence-corrected chi connectivity index (χ0v) is 31.6. The van der Waals surface area contributed by atoms with E-state index in [0.717, 1.165) is 57.2 Å². The second-order valence-corrected chi connectivity index (χ2v) is 14.5. The van der Waals surface area contributed by atoms with E-state index in [1.54, 1.807) is 24.3 Å². The SMILES string of the molecule is Cc1ccc2c(c1)c1cc(C)ccc1n2-c1c(-c2cccc(C(F)(F)F)c2)cc(-c2nc(-c3ccccc3)nc(-c3ccccc3)n2)cc1-c1cccc(C(F)(F)F)c1. The largest absolute Gasteiger partial charge is 0.416 e. The molecule has 0 aliphatic heterocycles. The van der Waals surface area contributed by atoms with Gasteiger partial charge in [0.05, 0.1) is 27.8 Å². The number of aromatic nitrogens is 4. The van der Waals surface area contributed by atoms with Crippen LogP contribution in [0.2, 0.25) is 0 Å². The molecule has 59 heavy (non-hydrogen) atoms. The Morgan fingerprint density at radius 2 is 0.780 bits per heavy atom. The van der Waals surface area contributed by atoms with E-state index in [1.807, 2.05) is 115 Å². The Bertz CT molecular complexity index is 2850. The summed E-state index contributed by atoms with van der Waals surface area (Å²) in [6.45, 7) is 3.94. The van der Waals surface area contributed by atoms with E-state index < -0.39 is 23.5 Å². The van der Waals surface area contributed by atoms with Crippen LogP contribution in [0.15, 0.2) is 158 Å². The average Bonchev–Trinajstić information content (AvgIpc) is 3.55. The number of fused-ring (bicyclic) bond motifs is 3. The molecule has 2 heterocycles. The summed E-state index contributed by atoms with van der Waals surface area (Å²) >= 11 is 0. The van der Waals surface area contributed by atoms with Gasteiger partial charge < -0.3 is 4.57 Å². The first-order valence-electron chi connectivity index (χ1n) is 18.7. The molecule has 290 valence electrons. The molecule has 4 nitrogen and oxygen atoms in total. The van der Waals surface area contributed by atoms with Crippen molar-refractivity contribution in [1.82, 2.24) is 19.5 Å². The number of rotatable bonds is 6. The third kappa shape index (κ3) is 7.11. The number of halogens is 6. The molecule has 7 aromatic carbocycles. The van der Waals surface area contributed by atoms with Crippen molar-refractivity contribution in [1.29, 1.82) is 0 Å². The fraction of sp³-hybridized carbons (Fsp3) is 0.0816. The first-order valence-corrected chi connectivity index (χ1v) is 18.7. The van der Waals surface area contributed by atoms with Gasteiger partial charge in [0.15, 0.2) is 17.5 Å². The Hall–Kier alpha value is -7.07. The molecule has 0 fully saturated rings. The summed E-state index contributed by atoms with van der Waals surface area (Å²) in [4.78, 5) is 14.6. The van der Waals surface area contributed by atoms with Gasteiger partial charge >= 0.3 is 12.4 Å². The summed E-state index contributed by atoms with van der Waals surface area (Å²) < 4.78 is 88.7. The van der Waals surface area contributed by atoms with E-state index in [-0.39, 0.29) is 17.0 Å². The van der Waals surface area contributed by atoms with Gasteiger partial charge in [0.2, 0.25) is 0 Å². The molecule has 10 heteroatoms. The molecule has 0 spiro atoms. The third-order valence-corrected chi connectivity index (χ3v) is 10.4. The molecule has 0 N–H and O–H groups in total. The van der Waals surface area contributed by atoms with Crippen LogP contribution in [0.25, 0.3) is 83.9 Å². The normalized spacial score (nSPS) is 12.1. The molecule has 0 amide bonds. The standard InChI is InChI=1S/C49H32F6N4/c1-29-19-21-42-40(23-29)41-24-30(2)20-22-43(41)59(42)44-38(33-15-9-17-36(25-33)48(50,51)52)27-35(28-39(44)34-16-10-18-37(26-34)49(53,54)55)47-57-45(31-11-5-3-6-12-31)56-46(58-47)32-13-7-4-8-14-32/h3-28H,1-2H3. The predicted octanol–water partition coefficient (Wildman–Crippen LogP) is 14.0. The van der Waals surface area contributed by atoms with Gasteiger partial charge in [-0.15, -0.1) is 0 Å². The minimum atomic E-state index is -4.68. The van der Waals surface area contributed by atoms with Crippen molar-refractivity contribution in [2.45, 2.75) is 26.2 Å². The zero-order valence-electron chi connectivity index (χ0n) is 31.6. The smallest absolute Gasteiger partial charge is 0.308 e. The van der Waals surface area contributed by atoms with Crippen LogP contribution in [0.1, 0.15) is 22.3 Å². The highest BCUT2D eigenvalue weighted by molar-refractivity contribution is 6.11.